The van der Waals surface area contributed by atoms with Crippen molar-refractivity contribution >= 4 is 0 Å². The van der Waals surface area contributed by atoms with E-state index >= 15 is 0 Å². The van der Waals surface area contributed by atoms with E-state index in [4.69, 9.17) is 9.26 Å². The van der Waals surface area contributed by atoms with E-state index in [1.165, 1.54) is 11.1 Å². The lowest BCUT2D eigenvalue weighted by molar-refractivity contribution is 0.0816. The van der Waals surface area contributed by atoms with Crippen molar-refractivity contribution in [2.45, 2.75) is 33.0 Å². The first-order chi connectivity index (χ1) is 9.25. The summed E-state index contributed by atoms with van der Waals surface area (Å²) < 4.78 is 10.8. The van der Waals surface area contributed by atoms with Crippen LogP contribution in [0.3, 0.4) is 0 Å². The Morgan fingerprint density at radius 2 is 2.16 bits per heavy atom. The standard InChI is InChI=1S/C15H18N2O2/c1-10-14(11(2)19-17-10)7-16-15-9-18-8-12-5-3-4-6-13(12)15/h3-6,15-16H,7-9H2,1-2H3. The first-order valence-corrected chi connectivity index (χ1v) is 6.56. The van der Waals surface area contributed by atoms with Gasteiger partial charge in [-0.15, -0.1) is 0 Å². The SMILES string of the molecule is Cc1noc(C)c1CNC1COCc2ccccc21. The van der Waals surface area contributed by atoms with Gasteiger partial charge in [-0.05, 0) is 25.0 Å². The average Bonchev–Trinajstić information content (AvgIpc) is 2.76. The molecule has 1 atom stereocenters. The smallest absolute Gasteiger partial charge is 0.138 e. The van der Waals surface area contributed by atoms with Crippen molar-refractivity contribution in [3.8, 4) is 0 Å². The average molecular weight is 258 g/mol. The summed E-state index contributed by atoms with van der Waals surface area (Å²) >= 11 is 0. The third kappa shape index (κ3) is 2.41. The van der Waals surface area contributed by atoms with Crippen LogP contribution in [0.5, 0.6) is 0 Å². The summed E-state index contributed by atoms with van der Waals surface area (Å²) in [5, 5.41) is 7.51. The molecule has 0 amide bonds. The van der Waals surface area contributed by atoms with Crippen LogP contribution in [0.2, 0.25) is 0 Å². The molecule has 3 rings (SSSR count). The van der Waals surface area contributed by atoms with Gasteiger partial charge in [0.1, 0.15) is 5.76 Å². The molecule has 0 fully saturated rings. The number of hydrogen-bond acceptors (Lipinski definition) is 4. The van der Waals surface area contributed by atoms with Crippen molar-refractivity contribution in [2.24, 2.45) is 0 Å². The van der Waals surface area contributed by atoms with Crippen molar-refractivity contribution in [2.75, 3.05) is 6.61 Å². The summed E-state index contributed by atoms with van der Waals surface area (Å²) in [6.45, 7) is 6.09. The molecule has 100 valence electrons. The quantitative estimate of drug-likeness (QED) is 0.919. The molecule has 1 aromatic heterocycles. The monoisotopic (exact) mass is 258 g/mol. The fraction of sp³-hybridized carbons (Fsp3) is 0.400. The molecule has 1 aliphatic rings. The van der Waals surface area contributed by atoms with Gasteiger partial charge in [0.15, 0.2) is 0 Å². The summed E-state index contributed by atoms with van der Waals surface area (Å²) in [6.07, 6.45) is 0. The topological polar surface area (TPSA) is 47.3 Å². The number of rotatable bonds is 3. The molecule has 2 aromatic rings. The highest BCUT2D eigenvalue weighted by Crippen LogP contribution is 2.25. The molecule has 0 aliphatic carbocycles. The van der Waals surface area contributed by atoms with Crippen LogP contribution in [0.4, 0.5) is 0 Å². The van der Waals surface area contributed by atoms with Crippen LogP contribution < -0.4 is 5.32 Å². The minimum absolute atomic E-state index is 0.235. The Bertz CT molecular complexity index is 558. The van der Waals surface area contributed by atoms with Gasteiger partial charge >= 0.3 is 0 Å². The van der Waals surface area contributed by atoms with Gasteiger partial charge < -0.3 is 14.6 Å². The van der Waals surface area contributed by atoms with Gasteiger partial charge in [-0.1, -0.05) is 29.4 Å². The Morgan fingerprint density at radius 3 is 2.95 bits per heavy atom. The minimum atomic E-state index is 0.235. The fourth-order valence-electron chi connectivity index (χ4n) is 2.53. The molecule has 1 unspecified atom stereocenters. The minimum Gasteiger partial charge on any atom is -0.375 e. The molecule has 1 N–H and O–H groups in total. The molecule has 0 radical (unpaired) electrons. The van der Waals surface area contributed by atoms with Crippen LogP contribution in [0.1, 0.15) is 34.2 Å². The molecular formula is C15H18N2O2. The molecule has 1 aromatic carbocycles. The molecule has 19 heavy (non-hydrogen) atoms. The molecule has 0 spiro atoms. The van der Waals surface area contributed by atoms with E-state index in [9.17, 15) is 0 Å². The normalized spacial score (nSPS) is 18.3. The lowest BCUT2D eigenvalue weighted by atomic mass is 9.99. The highest BCUT2D eigenvalue weighted by atomic mass is 16.5. The van der Waals surface area contributed by atoms with E-state index in [0.29, 0.717) is 13.2 Å². The molecule has 4 nitrogen and oxygen atoms in total. The number of aromatic nitrogens is 1. The van der Waals surface area contributed by atoms with E-state index in [1.807, 2.05) is 13.8 Å². The lowest BCUT2D eigenvalue weighted by Crippen LogP contribution is -2.29. The number of benzene rings is 1. The van der Waals surface area contributed by atoms with Crippen LogP contribution in [0, 0.1) is 13.8 Å². The Morgan fingerprint density at radius 1 is 1.32 bits per heavy atom. The van der Waals surface area contributed by atoms with Crippen molar-refractivity contribution in [1.29, 1.82) is 0 Å². The van der Waals surface area contributed by atoms with Crippen LogP contribution >= 0.6 is 0 Å². The maximum atomic E-state index is 5.64. The third-order valence-electron chi connectivity index (χ3n) is 3.68. The second kappa shape index (κ2) is 5.15. The highest BCUT2D eigenvalue weighted by Gasteiger charge is 2.20. The van der Waals surface area contributed by atoms with Gasteiger partial charge in [-0.25, -0.2) is 0 Å². The zero-order valence-electron chi connectivity index (χ0n) is 11.3. The lowest BCUT2D eigenvalue weighted by Gasteiger charge is -2.26. The third-order valence-corrected chi connectivity index (χ3v) is 3.68. The largest absolute Gasteiger partial charge is 0.375 e. The Hall–Kier alpha value is -1.65. The Labute approximate surface area is 112 Å². The maximum absolute atomic E-state index is 5.64. The van der Waals surface area contributed by atoms with Gasteiger partial charge in [-0.2, -0.15) is 0 Å². The molecule has 2 heterocycles. The van der Waals surface area contributed by atoms with Gasteiger partial charge in [0.05, 0.1) is 24.9 Å². The van der Waals surface area contributed by atoms with Crippen molar-refractivity contribution in [3.05, 3.63) is 52.4 Å². The van der Waals surface area contributed by atoms with Crippen molar-refractivity contribution in [3.63, 3.8) is 0 Å². The number of nitrogens with one attached hydrogen (secondary N) is 1. The van der Waals surface area contributed by atoms with Crippen LogP contribution in [0.25, 0.3) is 0 Å². The Kier molecular flexibility index (Phi) is 3.36. The number of aryl methyl sites for hydroxylation is 2. The van der Waals surface area contributed by atoms with Crippen molar-refractivity contribution in [1.82, 2.24) is 10.5 Å². The van der Waals surface area contributed by atoms with Gasteiger partial charge in [0, 0.05) is 12.1 Å². The summed E-state index contributed by atoms with van der Waals surface area (Å²) in [7, 11) is 0. The van der Waals surface area contributed by atoms with E-state index in [2.05, 4.69) is 34.7 Å². The molecule has 0 bridgehead atoms. The number of ether oxygens (including phenoxy) is 1. The zero-order valence-corrected chi connectivity index (χ0v) is 11.3. The van der Waals surface area contributed by atoms with E-state index in [1.54, 1.807) is 0 Å². The number of nitrogens with zero attached hydrogens (tertiary/aromatic N) is 1. The van der Waals surface area contributed by atoms with Gasteiger partial charge in [0.25, 0.3) is 0 Å². The highest BCUT2D eigenvalue weighted by molar-refractivity contribution is 5.31. The van der Waals surface area contributed by atoms with Crippen LogP contribution in [-0.4, -0.2) is 11.8 Å². The first-order valence-electron chi connectivity index (χ1n) is 6.56. The number of fused-ring (bicyclic) bond motifs is 1. The van der Waals surface area contributed by atoms with E-state index < -0.39 is 0 Å². The zero-order chi connectivity index (χ0) is 13.2. The van der Waals surface area contributed by atoms with E-state index in [0.717, 1.165) is 23.6 Å². The van der Waals surface area contributed by atoms with Crippen LogP contribution in [-0.2, 0) is 17.9 Å². The summed E-state index contributed by atoms with van der Waals surface area (Å²) in [5.41, 5.74) is 4.70. The molecule has 0 saturated carbocycles. The fourth-order valence-corrected chi connectivity index (χ4v) is 2.53. The molecule has 4 heteroatoms. The van der Waals surface area contributed by atoms with Gasteiger partial charge in [-0.3, -0.25) is 0 Å². The predicted octanol–water partition coefficient (Wildman–Crippen LogP) is 2.65. The predicted molar refractivity (Wildman–Crippen MR) is 71.7 cm³/mol. The van der Waals surface area contributed by atoms with Gasteiger partial charge in [0.2, 0.25) is 0 Å². The van der Waals surface area contributed by atoms with Crippen LogP contribution in [0.15, 0.2) is 28.8 Å². The molecule has 0 saturated heterocycles. The molecular weight excluding hydrogens is 240 g/mol. The maximum Gasteiger partial charge on any atom is 0.138 e. The summed E-state index contributed by atoms with van der Waals surface area (Å²) in [4.78, 5) is 0. The molecule has 1 aliphatic heterocycles. The second-order valence-electron chi connectivity index (χ2n) is 4.95. The first kappa shape index (κ1) is 12.4. The summed E-state index contributed by atoms with van der Waals surface area (Å²) in [5.74, 6) is 0.884. The van der Waals surface area contributed by atoms with Crippen molar-refractivity contribution < 1.29 is 9.26 Å². The second-order valence-corrected chi connectivity index (χ2v) is 4.95. The van der Waals surface area contributed by atoms with E-state index in [-0.39, 0.29) is 6.04 Å². The Balaban J connectivity index is 1.75. The summed E-state index contributed by atoms with van der Waals surface area (Å²) in [6, 6.07) is 8.66. The number of hydrogen-bond donors (Lipinski definition) is 1.